The lowest BCUT2D eigenvalue weighted by Gasteiger charge is -2.10. The van der Waals surface area contributed by atoms with Gasteiger partial charge in [-0.2, -0.15) is 5.26 Å². The van der Waals surface area contributed by atoms with Crippen LogP contribution in [0.15, 0.2) is 78.0 Å². The Bertz CT molecular complexity index is 1520. The van der Waals surface area contributed by atoms with E-state index in [1.54, 1.807) is 10.8 Å². The van der Waals surface area contributed by atoms with Gasteiger partial charge in [-0.3, -0.25) is 14.3 Å². The number of pyridine rings is 1. The Hall–Kier alpha value is -3.95. The first-order chi connectivity index (χ1) is 15.2. The van der Waals surface area contributed by atoms with Crippen molar-refractivity contribution in [2.75, 3.05) is 0 Å². The summed E-state index contributed by atoms with van der Waals surface area (Å²) in [6.45, 7) is 0.629. The minimum atomic E-state index is -0.265. The largest absolute Gasteiger partial charge is 0.320 e. The third kappa shape index (κ3) is 3.25. The fraction of sp³-hybridized carbons (Fsp3) is 0.0833. The zero-order chi connectivity index (χ0) is 21.4. The fourth-order valence-electron chi connectivity index (χ4n) is 3.83. The van der Waals surface area contributed by atoms with Crippen LogP contribution >= 0.6 is 11.6 Å². The number of halogens is 1. The molecule has 5 aromatic rings. The van der Waals surface area contributed by atoms with E-state index in [4.69, 9.17) is 11.6 Å². The predicted octanol–water partition coefficient (Wildman–Crippen LogP) is 4.37. The number of nitrogens with zero attached hydrogens (tertiary/aromatic N) is 5. The summed E-state index contributed by atoms with van der Waals surface area (Å²) in [5.74, 6) is 0. The second-order valence-electron chi connectivity index (χ2n) is 7.20. The van der Waals surface area contributed by atoms with E-state index in [2.05, 4.69) is 16.0 Å². The van der Waals surface area contributed by atoms with Crippen LogP contribution in [0.1, 0.15) is 16.8 Å². The van der Waals surface area contributed by atoms with Gasteiger partial charge in [-0.1, -0.05) is 66.2 Å². The molecule has 0 radical (unpaired) electrons. The summed E-state index contributed by atoms with van der Waals surface area (Å²) < 4.78 is 3.17. The molecule has 3 heterocycles. The highest BCUT2D eigenvalue weighted by molar-refractivity contribution is 6.32. The summed E-state index contributed by atoms with van der Waals surface area (Å²) in [6, 6.07) is 21.6. The lowest BCUT2D eigenvalue weighted by molar-refractivity contribution is 0.724. The zero-order valence-corrected chi connectivity index (χ0v) is 17.1. The molecule has 5 rings (SSSR count). The Labute approximate surface area is 182 Å². The maximum Gasteiger partial charge on any atom is 0.278 e. The summed E-state index contributed by atoms with van der Waals surface area (Å²) >= 11 is 6.50. The van der Waals surface area contributed by atoms with Crippen LogP contribution in [-0.4, -0.2) is 19.1 Å². The van der Waals surface area contributed by atoms with Crippen LogP contribution < -0.4 is 5.56 Å². The number of nitriles is 1. The number of hydrogen-bond acceptors (Lipinski definition) is 4. The molecule has 0 spiro atoms. The molecule has 0 aliphatic heterocycles. The molecular weight excluding hydrogens is 410 g/mol. The van der Waals surface area contributed by atoms with Gasteiger partial charge in [0.15, 0.2) is 0 Å². The zero-order valence-electron chi connectivity index (χ0n) is 16.4. The summed E-state index contributed by atoms with van der Waals surface area (Å²) in [4.78, 5) is 22.4. The molecule has 0 aliphatic carbocycles. The van der Waals surface area contributed by atoms with Crippen LogP contribution in [0.25, 0.3) is 21.8 Å². The molecule has 0 unspecified atom stereocenters. The third-order valence-electron chi connectivity index (χ3n) is 5.34. The van der Waals surface area contributed by atoms with Gasteiger partial charge in [0.1, 0.15) is 27.8 Å². The molecule has 0 fully saturated rings. The molecule has 0 saturated carbocycles. The third-order valence-corrected chi connectivity index (χ3v) is 5.73. The van der Waals surface area contributed by atoms with Gasteiger partial charge in [-0.05, 0) is 17.0 Å². The van der Waals surface area contributed by atoms with E-state index in [-0.39, 0.29) is 22.8 Å². The van der Waals surface area contributed by atoms with Crippen molar-refractivity contribution in [2.45, 2.75) is 13.1 Å². The molecule has 0 bridgehead atoms. The molecule has 7 heteroatoms. The van der Waals surface area contributed by atoms with E-state index < -0.39 is 0 Å². The van der Waals surface area contributed by atoms with E-state index in [0.717, 1.165) is 22.0 Å². The molecule has 0 N–H and O–H groups in total. The lowest BCUT2D eigenvalue weighted by Crippen LogP contribution is -2.23. The normalized spacial score (nSPS) is 11.1. The molecule has 0 aliphatic rings. The van der Waals surface area contributed by atoms with Crippen molar-refractivity contribution in [2.24, 2.45) is 0 Å². The average molecular weight is 426 g/mol. The van der Waals surface area contributed by atoms with E-state index >= 15 is 0 Å². The Morgan fingerprint density at radius 1 is 0.968 bits per heavy atom. The molecule has 150 valence electrons. The Morgan fingerprint density at radius 2 is 1.74 bits per heavy atom. The Morgan fingerprint density at radius 3 is 2.55 bits per heavy atom. The molecule has 3 aromatic heterocycles. The smallest absolute Gasteiger partial charge is 0.278 e. The van der Waals surface area contributed by atoms with Gasteiger partial charge in [-0.25, -0.2) is 4.98 Å². The lowest BCUT2D eigenvalue weighted by atomic mass is 10.1. The number of aromatic nitrogens is 4. The van der Waals surface area contributed by atoms with Gasteiger partial charge in [-0.15, -0.1) is 0 Å². The predicted molar refractivity (Wildman–Crippen MR) is 120 cm³/mol. The Kier molecular flexibility index (Phi) is 4.73. The fourth-order valence-corrected chi connectivity index (χ4v) is 4.11. The van der Waals surface area contributed by atoms with Gasteiger partial charge in [0.25, 0.3) is 5.56 Å². The van der Waals surface area contributed by atoms with Crippen molar-refractivity contribution in [1.29, 1.82) is 5.26 Å². The van der Waals surface area contributed by atoms with Crippen LogP contribution in [-0.2, 0) is 13.1 Å². The molecule has 0 saturated heterocycles. The summed E-state index contributed by atoms with van der Waals surface area (Å²) in [5, 5.41) is 11.8. The van der Waals surface area contributed by atoms with Gasteiger partial charge < -0.3 is 4.57 Å². The highest BCUT2D eigenvalue weighted by atomic mass is 35.5. The van der Waals surface area contributed by atoms with Gasteiger partial charge >= 0.3 is 0 Å². The van der Waals surface area contributed by atoms with Crippen molar-refractivity contribution in [1.82, 2.24) is 19.1 Å². The van der Waals surface area contributed by atoms with Crippen LogP contribution in [0.3, 0.4) is 0 Å². The molecule has 2 aromatic carbocycles. The summed E-state index contributed by atoms with van der Waals surface area (Å²) in [6.07, 6.45) is 3.19. The SMILES string of the molecule is N#Cc1c(Cl)n(Cc2ccccc2)c2c(=O)n(Cc3nccc4ccccc34)cnc12. The maximum absolute atomic E-state index is 13.5. The summed E-state index contributed by atoms with van der Waals surface area (Å²) in [5.41, 5.74) is 2.31. The second kappa shape index (κ2) is 7.71. The van der Waals surface area contributed by atoms with Crippen LogP contribution in [0.2, 0.25) is 5.15 Å². The first-order valence-electron chi connectivity index (χ1n) is 9.71. The minimum absolute atomic E-state index is 0.208. The van der Waals surface area contributed by atoms with Crippen LogP contribution in [0, 0.1) is 11.3 Å². The molecule has 0 atom stereocenters. The van der Waals surface area contributed by atoms with Crippen LogP contribution in [0.4, 0.5) is 0 Å². The van der Waals surface area contributed by atoms with Crippen molar-refractivity contribution in [3.63, 3.8) is 0 Å². The van der Waals surface area contributed by atoms with Crippen molar-refractivity contribution < 1.29 is 0 Å². The number of hydrogen-bond donors (Lipinski definition) is 0. The molecule has 6 nitrogen and oxygen atoms in total. The highest BCUT2D eigenvalue weighted by Crippen LogP contribution is 2.27. The Balaban J connectivity index is 1.68. The van der Waals surface area contributed by atoms with Crippen molar-refractivity contribution in [3.8, 4) is 6.07 Å². The first-order valence-corrected chi connectivity index (χ1v) is 10.1. The van der Waals surface area contributed by atoms with Gasteiger partial charge in [0.2, 0.25) is 0 Å². The molecular formula is C24H16ClN5O. The maximum atomic E-state index is 13.5. The number of benzene rings is 2. The standard InChI is InChI=1S/C24H16ClN5O/c25-23-19(12-26)21-22(30(23)13-16-6-2-1-3-7-16)24(31)29(15-28-21)14-20-18-9-5-4-8-17(18)10-11-27-20/h1-11,15H,13-14H2. The van der Waals surface area contributed by atoms with Gasteiger partial charge in [0.05, 0.1) is 18.6 Å². The van der Waals surface area contributed by atoms with Gasteiger partial charge in [0, 0.05) is 18.1 Å². The van der Waals surface area contributed by atoms with Crippen molar-refractivity contribution in [3.05, 3.63) is 106 Å². The molecule has 31 heavy (non-hydrogen) atoms. The van der Waals surface area contributed by atoms with Crippen LogP contribution in [0.5, 0.6) is 0 Å². The van der Waals surface area contributed by atoms with E-state index in [1.165, 1.54) is 10.9 Å². The van der Waals surface area contributed by atoms with E-state index in [0.29, 0.717) is 17.6 Å². The number of rotatable bonds is 4. The summed E-state index contributed by atoms with van der Waals surface area (Å²) in [7, 11) is 0. The molecule has 0 amide bonds. The second-order valence-corrected chi connectivity index (χ2v) is 7.56. The topological polar surface area (TPSA) is 76.5 Å². The monoisotopic (exact) mass is 425 g/mol. The average Bonchev–Trinajstić information content (AvgIpc) is 3.07. The highest BCUT2D eigenvalue weighted by Gasteiger charge is 2.21. The first kappa shape index (κ1) is 19.0. The quantitative estimate of drug-likeness (QED) is 0.428. The minimum Gasteiger partial charge on any atom is -0.320 e. The van der Waals surface area contributed by atoms with E-state index in [1.807, 2.05) is 60.7 Å². The van der Waals surface area contributed by atoms with E-state index in [9.17, 15) is 10.1 Å². The van der Waals surface area contributed by atoms with Crippen molar-refractivity contribution >= 4 is 33.4 Å². The number of fused-ring (bicyclic) bond motifs is 2.